The van der Waals surface area contributed by atoms with Gasteiger partial charge in [-0.3, -0.25) is 14.6 Å². The summed E-state index contributed by atoms with van der Waals surface area (Å²) in [6.07, 6.45) is 5.79. The molecule has 4 rings (SSSR count). The largest absolute Gasteiger partial charge is 0.339 e. The molecular formula is C27H29N3O2. The van der Waals surface area contributed by atoms with Gasteiger partial charge >= 0.3 is 0 Å². The van der Waals surface area contributed by atoms with Gasteiger partial charge in [0.2, 0.25) is 0 Å². The normalized spacial score (nSPS) is 14.1. The van der Waals surface area contributed by atoms with Gasteiger partial charge in [-0.1, -0.05) is 49.6 Å². The molecule has 2 amide bonds. The SMILES string of the molecule is Cc1nc(-c2ccccc2)ccc1C(=O)Nc1ccc(C(=O)N(C)C2CCCCC2)cc1. The van der Waals surface area contributed by atoms with Crippen molar-refractivity contribution in [1.82, 2.24) is 9.88 Å². The van der Waals surface area contributed by atoms with E-state index >= 15 is 0 Å². The molecule has 1 aromatic heterocycles. The highest BCUT2D eigenvalue weighted by Crippen LogP contribution is 2.24. The second-order valence-electron chi connectivity index (χ2n) is 8.43. The third-order valence-electron chi connectivity index (χ3n) is 6.23. The van der Waals surface area contributed by atoms with Crippen LogP contribution in [-0.4, -0.2) is 34.8 Å². The average Bonchev–Trinajstić information content (AvgIpc) is 2.84. The molecule has 0 radical (unpaired) electrons. The van der Waals surface area contributed by atoms with E-state index in [2.05, 4.69) is 10.3 Å². The summed E-state index contributed by atoms with van der Waals surface area (Å²) in [5.74, 6) is -0.181. The van der Waals surface area contributed by atoms with Crippen LogP contribution in [0.1, 0.15) is 58.5 Å². The summed E-state index contributed by atoms with van der Waals surface area (Å²) in [5.41, 5.74) is 4.34. The van der Waals surface area contributed by atoms with Crippen molar-refractivity contribution in [1.29, 1.82) is 0 Å². The summed E-state index contributed by atoms with van der Waals surface area (Å²) in [6.45, 7) is 1.84. The van der Waals surface area contributed by atoms with Crippen LogP contribution in [0.5, 0.6) is 0 Å². The van der Waals surface area contributed by atoms with Gasteiger partial charge in [-0.05, 0) is 56.2 Å². The fourth-order valence-corrected chi connectivity index (χ4v) is 4.30. The number of pyridine rings is 1. The molecule has 1 aliphatic rings. The Morgan fingerprint density at radius 1 is 0.906 bits per heavy atom. The van der Waals surface area contributed by atoms with Crippen molar-refractivity contribution in [2.45, 2.75) is 45.1 Å². The maximum absolute atomic E-state index is 12.8. The third kappa shape index (κ3) is 4.88. The molecule has 5 nitrogen and oxygen atoms in total. The smallest absolute Gasteiger partial charge is 0.257 e. The molecule has 3 aromatic rings. The van der Waals surface area contributed by atoms with Gasteiger partial charge in [0.1, 0.15) is 0 Å². The van der Waals surface area contributed by atoms with Crippen LogP contribution < -0.4 is 5.32 Å². The van der Waals surface area contributed by atoms with Crippen molar-refractivity contribution in [2.75, 3.05) is 12.4 Å². The second kappa shape index (κ2) is 9.77. The molecule has 164 valence electrons. The monoisotopic (exact) mass is 427 g/mol. The molecule has 1 heterocycles. The first-order valence-electron chi connectivity index (χ1n) is 11.2. The fourth-order valence-electron chi connectivity index (χ4n) is 4.30. The van der Waals surface area contributed by atoms with Crippen molar-refractivity contribution in [3.8, 4) is 11.3 Å². The van der Waals surface area contributed by atoms with Crippen LogP contribution in [0.3, 0.4) is 0 Å². The zero-order valence-electron chi connectivity index (χ0n) is 18.7. The van der Waals surface area contributed by atoms with Crippen LogP contribution in [0.2, 0.25) is 0 Å². The number of aryl methyl sites for hydroxylation is 1. The zero-order chi connectivity index (χ0) is 22.5. The quantitative estimate of drug-likeness (QED) is 0.567. The number of hydrogen-bond donors (Lipinski definition) is 1. The Morgan fingerprint density at radius 3 is 2.25 bits per heavy atom. The Bertz CT molecular complexity index is 1090. The summed E-state index contributed by atoms with van der Waals surface area (Å²) < 4.78 is 0. The zero-order valence-corrected chi connectivity index (χ0v) is 18.7. The van der Waals surface area contributed by atoms with Gasteiger partial charge in [0.25, 0.3) is 11.8 Å². The fraction of sp³-hybridized carbons (Fsp3) is 0.296. The Morgan fingerprint density at radius 2 is 1.59 bits per heavy atom. The van der Waals surface area contributed by atoms with Crippen molar-refractivity contribution >= 4 is 17.5 Å². The number of rotatable bonds is 5. The molecule has 1 fully saturated rings. The standard InChI is InChI=1S/C27H29N3O2/c1-19-24(17-18-25(28-19)20-9-5-3-6-10-20)26(31)29-22-15-13-21(14-16-22)27(32)30(2)23-11-7-4-8-12-23/h3,5-6,9-10,13-18,23H,4,7-8,11-12H2,1-2H3,(H,29,31). The van der Waals surface area contributed by atoms with E-state index in [0.717, 1.165) is 24.1 Å². The molecular weight excluding hydrogens is 398 g/mol. The molecule has 0 aliphatic heterocycles. The number of aromatic nitrogens is 1. The topological polar surface area (TPSA) is 62.3 Å². The Kier molecular flexibility index (Phi) is 6.64. The molecule has 2 aromatic carbocycles. The molecule has 1 saturated carbocycles. The molecule has 1 aliphatic carbocycles. The molecule has 0 spiro atoms. The summed E-state index contributed by atoms with van der Waals surface area (Å²) in [6, 6.07) is 21.0. The summed E-state index contributed by atoms with van der Waals surface area (Å²) >= 11 is 0. The maximum atomic E-state index is 12.8. The number of carbonyl (C=O) groups excluding carboxylic acids is 2. The highest BCUT2D eigenvalue weighted by atomic mass is 16.2. The minimum Gasteiger partial charge on any atom is -0.339 e. The minimum absolute atomic E-state index is 0.0336. The summed E-state index contributed by atoms with van der Waals surface area (Å²) in [4.78, 5) is 32.1. The van der Waals surface area contributed by atoms with Crippen LogP contribution in [0.15, 0.2) is 66.7 Å². The van der Waals surface area contributed by atoms with E-state index < -0.39 is 0 Å². The Labute approximate surface area is 189 Å². The molecule has 32 heavy (non-hydrogen) atoms. The van der Waals surface area contributed by atoms with Crippen molar-refractivity contribution in [3.63, 3.8) is 0 Å². The van der Waals surface area contributed by atoms with Gasteiger partial charge in [0.05, 0.1) is 17.0 Å². The van der Waals surface area contributed by atoms with Gasteiger partial charge in [-0.2, -0.15) is 0 Å². The number of nitrogens with zero attached hydrogens (tertiary/aromatic N) is 2. The van der Waals surface area contributed by atoms with Crippen LogP contribution in [0.4, 0.5) is 5.69 Å². The van der Waals surface area contributed by atoms with Gasteiger partial charge < -0.3 is 10.2 Å². The van der Waals surface area contributed by atoms with E-state index in [1.807, 2.05) is 55.3 Å². The molecule has 1 N–H and O–H groups in total. The van der Waals surface area contributed by atoms with Gasteiger partial charge in [0, 0.05) is 29.9 Å². The maximum Gasteiger partial charge on any atom is 0.257 e. The van der Waals surface area contributed by atoms with E-state index in [1.165, 1.54) is 19.3 Å². The van der Waals surface area contributed by atoms with Crippen LogP contribution in [0, 0.1) is 6.92 Å². The van der Waals surface area contributed by atoms with E-state index in [4.69, 9.17) is 0 Å². The first-order chi connectivity index (χ1) is 15.5. The molecule has 5 heteroatoms. The van der Waals surface area contributed by atoms with Gasteiger partial charge in [-0.25, -0.2) is 0 Å². The van der Waals surface area contributed by atoms with Crippen molar-refractivity contribution < 1.29 is 9.59 Å². The van der Waals surface area contributed by atoms with Crippen LogP contribution in [0.25, 0.3) is 11.3 Å². The van der Waals surface area contributed by atoms with Crippen molar-refractivity contribution in [2.24, 2.45) is 0 Å². The average molecular weight is 428 g/mol. The number of anilines is 1. The molecule has 0 atom stereocenters. The van der Waals surface area contributed by atoms with Crippen LogP contribution in [-0.2, 0) is 0 Å². The predicted molar refractivity (Wildman–Crippen MR) is 128 cm³/mol. The molecule has 0 bridgehead atoms. The summed E-state index contributed by atoms with van der Waals surface area (Å²) in [7, 11) is 1.89. The lowest BCUT2D eigenvalue weighted by Crippen LogP contribution is -2.38. The first kappa shape index (κ1) is 21.8. The number of hydrogen-bond acceptors (Lipinski definition) is 3. The highest BCUT2D eigenvalue weighted by Gasteiger charge is 2.23. The number of carbonyl (C=O) groups is 2. The van der Waals surface area contributed by atoms with E-state index in [0.29, 0.717) is 28.6 Å². The van der Waals surface area contributed by atoms with Gasteiger partial charge in [0.15, 0.2) is 0 Å². The lowest BCUT2D eigenvalue weighted by Gasteiger charge is -2.31. The highest BCUT2D eigenvalue weighted by molar-refractivity contribution is 6.05. The number of nitrogens with one attached hydrogen (secondary N) is 1. The minimum atomic E-state index is -0.215. The molecule has 0 saturated heterocycles. The lowest BCUT2D eigenvalue weighted by atomic mass is 9.94. The Balaban J connectivity index is 1.42. The second-order valence-corrected chi connectivity index (χ2v) is 8.43. The van der Waals surface area contributed by atoms with Gasteiger partial charge in [-0.15, -0.1) is 0 Å². The van der Waals surface area contributed by atoms with E-state index in [9.17, 15) is 9.59 Å². The number of amides is 2. The summed E-state index contributed by atoms with van der Waals surface area (Å²) in [5, 5.41) is 2.91. The van der Waals surface area contributed by atoms with Crippen LogP contribution >= 0.6 is 0 Å². The van der Waals surface area contributed by atoms with Crippen molar-refractivity contribution in [3.05, 3.63) is 83.6 Å². The Hall–Kier alpha value is -3.47. The lowest BCUT2D eigenvalue weighted by molar-refractivity contribution is 0.0696. The third-order valence-corrected chi connectivity index (χ3v) is 6.23. The number of benzene rings is 2. The predicted octanol–water partition coefficient (Wildman–Crippen LogP) is 5.71. The van der Waals surface area contributed by atoms with E-state index in [-0.39, 0.29) is 11.8 Å². The van der Waals surface area contributed by atoms with E-state index in [1.54, 1.807) is 30.3 Å². The molecule has 0 unspecified atom stereocenters. The first-order valence-corrected chi connectivity index (χ1v) is 11.2.